The fourth-order valence-corrected chi connectivity index (χ4v) is 2.27. The van der Waals surface area contributed by atoms with Gasteiger partial charge in [-0.05, 0) is 11.1 Å². The first-order valence-corrected chi connectivity index (χ1v) is 9.35. The first kappa shape index (κ1) is 24.2. The van der Waals surface area contributed by atoms with Crippen molar-refractivity contribution >= 4 is 45.6 Å². The number of carbonyl (C=O) groups is 2. The maximum atomic E-state index is 13.0. The number of carbonyl (C=O) groups excluding carboxylic acids is 2. The fourth-order valence-electron chi connectivity index (χ4n) is 2.06. The molecule has 0 saturated heterocycles. The van der Waals surface area contributed by atoms with Crippen molar-refractivity contribution in [3.8, 4) is 5.75 Å². The summed E-state index contributed by atoms with van der Waals surface area (Å²) in [7, 11) is 11.1. The highest BCUT2D eigenvalue weighted by Crippen LogP contribution is 2.27. The van der Waals surface area contributed by atoms with E-state index in [4.69, 9.17) is 32.8 Å². The monoisotopic (exact) mass is 410 g/mol. The van der Waals surface area contributed by atoms with Gasteiger partial charge in [-0.25, -0.2) is 0 Å². The minimum Gasteiger partial charge on any atom is -0.458 e. The summed E-state index contributed by atoms with van der Waals surface area (Å²) in [4.78, 5) is 23.4. The van der Waals surface area contributed by atoms with Gasteiger partial charge in [0.1, 0.15) is 5.75 Å². The van der Waals surface area contributed by atoms with Crippen LogP contribution in [0, 0.1) is 0 Å². The van der Waals surface area contributed by atoms with E-state index in [1.165, 1.54) is 0 Å². The van der Waals surface area contributed by atoms with Crippen LogP contribution in [0.2, 0.25) is 0 Å². The summed E-state index contributed by atoms with van der Waals surface area (Å²) in [5.74, 6) is -2.04. The smallest absolute Gasteiger partial charge is 0.402 e. The zero-order valence-corrected chi connectivity index (χ0v) is 15.5. The highest BCUT2D eigenvalue weighted by Gasteiger charge is 2.45. The Balaban J connectivity index is 2.70. The minimum absolute atomic E-state index is 0.0240. The van der Waals surface area contributed by atoms with Crippen molar-refractivity contribution in [3.05, 3.63) is 28.8 Å². The summed E-state index contributed by atoms with van der Waals surface area (Å²) < 4.78 is 64.3. The number of rotatable bonds is 10. The number of halogens is 2. The Morgan fingerprint density at radius 2 is 1.50 bits per heavy atom. The first-order valence-electron chi connectivity index (χ1n) is 7.91. The Kier molecular flexibility index (Phi) is 8.68. The molecule has 1 N–H and O–H groups in total. The van der Waals surface area contributed by atoms with Crippen LogP contribution in [0.25, 0.3) is 0 Å². The van der Waals surface area contributed by atoms with Gasteiger partial charge in [0.25, 0.3) is 0 Å². The Morgan fingerprint density at radius 3 is 1.93 bits per heavy atom. The fraction of sp³-hybridized carbons (Fsp3) is 0.467. The summed E-state index contributed by atoms with van der Waals surface area (Å²) in [6, 6.07) is 3.26. The third-order valence-electron chi connectivity index (χ3n) is 3.51. The Labute approximate surface area is 165 Å². The number of hydrogen-bond donors (Lipinski definition) is 1. The Morgan fingerprint density at radius 1 is 1.00 bits per heavy atom. The van der Waals surface area contributed by atoms with Gasteiger partial charge in [0, 0.05) is 0 Å². The third-order valence-corrected chi connectivity index (χ3v) is 4.38. The molecule has 0 aliphatic carbocycles. The molecule has 0 fully saturated rings. The van der Waals surface area contributed by atoms with Gasteiger partial charge >= 0.3 is 27.3 Å². The van der Waals surface area contributed by atoms with Gasteiger partial charge in [-0.15, -0.1) is 0 Å². The lowest BCUT2D eigenvalue weighted by Crippen LogP contribution is -2.34. The zero-order chi connectivity index (χ0) is 21.5. The lowest BCUT2D eigenvalue weighted by atomic mass is 9.85. The second-order valence-electron chi connectivity index (χ2n) is 5.60. The molecule has 0 heterocycles. The second kappa shape index (κ2) is 10.1. The SMILES string of the molecule is [B]Cc1cc(C[B])c(OC(=O)CCC(=O)OCC(F)(F)S(=O)(=O)O)c(C[B])c1. The van der Waals surface area contributed by atoms with Gasteiger partial charge in [-0.3, -0.25) is 14.1 Å². The Hall–Kier alpha value is -1.88. The molecule has 0 bridgehead atoms. The molecular formula is C15H15B3F2O7S. The highest BCUT2D eigenvalue weighted by molar-refractivity contribution is 7.86. The van der Waals surface area contributed by atoms with Crippen LogP contribution in [0.5, 0.6) is 5.75 Å². The zero-order valence-electron chi connectivity index (χ0n) is 14.7. The molecule has 1 aromatic rings. The molecule has 28 heavy (non-hydrogen) atoms. The Bertz CT molecular complexity index is 806. The third kappa shape index (κ3) is 6.63. The van der Waals surface area contributed by atoms with Gasteiger partial charge in [0.15, 0.2) is 6.61 Å². The quantitative estimate of drug-likeness (QED) is 0.258. The van der Waals surface area contributed by atoms with Crippen molar-refractivity contribution < 1.29 is 40.8 Å². The number of ether oxygens (including phenoxy) is 2. The van der Waals surface area contributed by atoms with E-state index in [-0.39, 0.29) is 24.7 Å². The molecule has 0 aromatic heterocycles. The molecule has 146 valence electrons. The summed E-state index contributed by atoms with van der Waals surface area (Å²) in [5.41, 5.74) is 1.66. The molecule has 1 rings (SSSR count). The predicted octanol–water partition coefficient (Wildman–Crippen LogP) is 0.401. The van der Waals surface area contributed by atoms with E-state index in [9.17, 15) is 26.8 Å². The molecular weight excluding hydrogens is 395 g/mol. The molecule has 0 atom stereocenters. The van der Waals surface area contributed by atoms with E-state index in [1.807, 2.05) is 0 Å². The van der Waals surface area contributed by atoms with Crippen molar-refractivity contribution in [2.75, 3.05) is 6.61 Å². The average Bonchev–Trinajstić information content (AvgIpc) is 2.63. The molecule has 0 saturated carbocycles. The molecule has 0 amide bonds. The van der Waals surface area contributed by atoms with Crippen LogP contribution in [0.3, 0.4) is 0 Å². The van der Waals surface area contributed by atoms with Crippen LogP contribution in [0.4, 0.5) is 8.78 Å². The first-order chi connectivity index (χ1) is 12.9. The second-order valence-corrected chi connectivity index (χ2v) is 7.15. The van der Waals surface area contributed by atoms with Gasteiger partial charge in [0.05, 0.1) is 36.4 Å². The normalized spacial score (nSPS) is 11.8. The standard InChI is InChI=1S/C15H15B3F2O7S/c16-5-9-3-10(6-17)14(11(4-9)7-18)27-13(22)2-1-12(21)26-8-15(19,20)28(23,24)25/h3-4H,1-2,5-8H2,(H,23,24,25). The number of esters is 2. The van der Waals surface area contributed by atoms with Crippen molar-refractivity contribution in [2.45, 2.75) is 37.1 Å². The van der Waals surface area contributed by atoms with Gasteiger partial charge in [-0.1, -0.05) is 36.7 Å². The summed E-state index contributed by atoms with van der Waals surface area (Å²) >= 11 is 0. The van der Waals surface area contributed by atoms with Crippen LogP contribution in [0.15, 0.2) is 12.1 Å². The van der Waals surface area contributed by atoms with Crippen molar-refractivity contribution in [1.29, 1.82) is 0 Å². The van der Waals surface area contributed by atoms with Crippen molar-refractivity contribution in [3.63, 3.8) is 0 Å². The molecule has 7 nitrogen and oxygen atoms in total. The van der Waals surface area contributed by atoms with E-state index < -0.39 is 46.8 Å². The van der Waals surface area contributed by atoms with Crippen LogP contribution in [-0.2, 0) is 43.4 Å². The highest BCUT2D eigenvalue weighted by atomic mass is 32.2. The van der Waals surface area contributed by atoms with Crippen LogP contribution in [0.1, 0.15) is 29.5 Å². The van der Waals surface area contributed by atoms with Gasteiger partial charge < -0.3 is 9.47 Å². The lowest BCUT2D eigenvalue weighted by Gasteiger charge is -2.16. The van der Waals surface area contributed by atoms with Crippen LogP contribution >= 0.6 is 0 Å². The molecule has 0 aliphatic rings. The molecule has 6 radical (unpaired) electrons. The van der Waals surface area contributed by atoms with Crippen molar-refractivity contribution in [2.24, 2.45) is 0 Å². The molecule has 0 spiro atoms. The summed E-state index contributed by atoms with van der Waals surface area (Å²) in [5, 5.41) is -4.65. The molecule has 0 unspecified atom stereocenters. The van der Waals surface area contributed by atoms with Crippen LogP contribution in [-0.4, -0.2) is 60.3 Å². The predicted molar refractivity (Wildman–Crippen MR) is 97.1 cm³/mol. The number of alkyl halides is 2. The molecule has 1 aromatic carbocycles. The van der Waals surface area contributed by atoms with Gasteiger partial charge in [0.2, 0.25) is 0 Å². The van der Waals surface area contributed by atoms with E-state index in [0.717, 1.165) is 5.56 Å². The molecule has 13 heteroatoms. The van der Waals surface area contributed by atoms with Crippen LogP contribution < -0.4 is 4.74 Å². The van der Waals surface area contributed by atoms with E-state index in [0.29, 0.717) is 11.1 Å². The van der Waals surface area contributed by atoms with E-state index in [2.05, 4.69) is 4.74 Å². The number of hydrogen-bond acceptors (Lipinski definition) is 6. The van der Waals surface area contributed by atoms with Gasteiger partial charge in [-0.2, -0.15) is 17.2 Å². The summed E-state index contributed by atoms with van der Waals surface area (Å²) in [6.07, 6.45) is -0.930. The topological polar surface area (TPSA) is 107 Å². The maximum absolute atomic E-state index is 13.0. The lowest BCUT2D eigenvalue weighted by molar-refractivity contribution is -0.151. The van der Waals surface area contributed by atoms with E-state index in [1.54, 1.807) is 12.1 Å². The average molecular weight is 410 g/mol. The number of benzene rings is 1. The van der Waals surface area contributed by atoms with E-state index >= 15 is 0 Å². The maximum Gasteiger partial charge on any atom is 0.402 e. The summed E-state index contributed by atoms with van der Waals surface area (Å²) in [6.45, 7) is -1.88. The minimum atomic E-state index is -5.73. The largest absolute Gasteiger partial charge is 0.458 e. The van der Waals surface area contributed by atoms with Crippen molar-refractivity contribution in [1.82, 2.24) is 0 Å². The molecule has 0 aliphatic heterocycles.